The number of benzene rings is 1. The van der Waals surface area contributed by atoms with Crippen molar-refractivity contribution in [1.29, 1.82) is 0 Å². The van der Waals surface area contributed by atoms with Gasteiger partial charge in [0.1, 0.15) is 0 Å². The minimum absolute atomic E-state index is 0.179. The molecule has 28 heavy (non-hydrogen) atoms. The molecular formula is C20H28N2O5S. The SMILES string of the molecule is C[C@H](N)CN1CCc2ccc(C3(O)CCSCC3)cc21.O=C(O)C=CC(=O)O. The van der Waals surface area contributed by atoms with Crippen molar-refractivity contribution in [2.45, 2.75) is 37.8 Å². The van der Waals surface area contributed by atoms with E-state index < -0.39 is 17.5 Å². The van der Waals surface area contributed by atoms with E-state index in [2.05, 4.69) is 23.1 Å². The van der Waals surface area contributed by atoms with Crippen LogP contribution in [0.3, 0.4) is 0 Å². The standard InChI is InChI=1S/C16H24N2OS.C4H4O4/c1-12(17)11-18-7-4-13-2-3-14(10-15(13)18)16(19)5-8-20-9-6-16;5-3(6)1-2-4(7)8/h2-3,10,12,19H,4-9,11,17H2,1H3;1-2H,(H,5,6)(H,7,8)/t12-;/m0./s1. The molecule has 0 spiro atoms. The number of aliphatic carboxylic acids is 2. The number of hydrogen-bond acceptors (Lipinski definition) is 6. The highest BCUT2D eigenvalue weighted by atomic mass is 32.2. The third-order valence-corrected chi connectivity index (χ3v) is 5.80. The summed E-state index contributed by atoms with van der Waals surface area (Å²) in [5.41, 5.74) is 9.09. The van der Waals surface area contributed by atoms with Gasteiger partial charge in [-0.2, -0.15) is 11.8 Å². The van der Waals surface area contributed by atoms with Crippen molar-refractivity contribution in [3.63, 3.8) is 0 Å². The normalized spacial score (nSPS) is 18.9. The van der Waals surface area contributed by atoms with Gasteiger partial charge in [-0.05, 0) is 54.9 Å². The van der Waals surface area contributed by atoms with Crippen molar-refractivity contribution in [1.82, 2.24) is 0 Å². The first kappa shape index (κ1) is 22.3. The Labute approximate surface area is 169 Å². The molecule has 1 fully saturated rings. The van der Waals surface area contributed by atoms with Gasteiger partial charge in [0.25, 0.3) is 0 Å². The largest absolute Gasteiger partial charge is 0.478 e. The van der Waals surface area contributed by atoms with Crippen LogP contribution >= 0.6 is 11.8 Å². The molecule has 5 N–H and O–H groups in total. The van der Waals surface area contributed by atoms with Crippen LogP contribution < -0.4 is 10.6 Å². The first-order valence-corrected chi connectivity index (χ1v) is 10.4. The van der Waals surface area contributed by atoms with Crippen molar-refractivity contribution >= 4 is 29.4 Å². The predicted molar refractivity (Wildman–Crippen MR) is 111 cm³/mol. The highest BCUT2D eigenvalue weighted by Crippen LogP contribution is 2.39. The Balaban J connectivity index is 0.000000300. The second kappa shape index (κ2) is 9.95. The fourth-order valence-corrected chi connectivity index (χ4v) is 4.58. The summed E-state index contributed by atoms with van der Waals surface area (Å²) in [7, 11) is 0. The van der Waals surface area contributed by atoms with Crippen molar-refractivity contribution in [3.8, 4) is 0 Å². The first-order valence-electron chi connectivity index (χ1n) is 9.29. The summed E-state index contributed by atoms with van der Waals surface area (Å²) < 4.78 is 0. The Morgan fingerprint density at radius 2 is 1.86 bits per heavy atom. The van der Waals surface area contributed by atoms with E-state index in [0.717, 1.165) is 49.4 Å². The molecule has 7 nitrogen and oxygen atoms in total. The molecule has 1 aromatic rings. The number of rotatable bonds is 5. The number of thioether (sulfide) groups is 1. The molecule has 2 aliphatic rings. The topological polar surface area (TPSA) is 124 Å². The Kier molecular flexibility index (Phi) is 7.91. The maximum atomic E-state index is 10.9. The molecule has 154 valence electrons. The minimum Gasteiger partial charge on any atom is -0.478 e. The number of nitrogens with two attached hydrogens (primary N) is 1. The fourth-order valence-electron chi connectivity index (χ4n) is 3.41. The molecule has 2 heterocycles. The zero-order valence-electron chi connectivity index (χ0n) is 16.0. The van der Waals surface area contributed by atoms with Crippen molar-refractivity contribution in [2.24, 2.45) is 5.73 Å². The summed E-state index contributed by atoms with van der Waals surface area (Å²) in [5, 5.41) is 26.5. The molecule has 0 aromatic heterocycles. The maximum absolute atomic E-state index is 10.9. The summed E-state index contributed by atoms with van der Waals surface area (Å²) in [6, 6.07) is 6.72. The molecule has 2 aliphatic heterocycles. The average molecular weight is 409 g/mol. The number of carbonyl (C=O) groups is 2. The van der Waals surface area contributed by atoms with Crippen LogP contribution in [-0.2, 0) is 21.6 Å². The number of aliphatic hydroxyl groups is 1. The molecule has 0 unspecified atom stereocenters. The molecule has 0 aliphatic carbocycles. The van der Waals surface area contributed by atoms with Gasteiger partial charge in [-0.25, -0.2) is 9.59 Å². The van der Waals surface area contributed by atoms with E-state index >= 15 is 0 Å². The van der Waals surface area contributed by atoms with Gasteiger partial charge in [-0.3, -0.25) is 0 Å². The highest BCUT2D eigenvalue weighted by molar-refractivity contribution is 7.99. The molecule has 1 atom stereocenters. The molecule has 0 saturated carbocycles. The molecule has 1 aromatic carbocycles. The lowest BCUT2D eigenvalue weighted by molar-refractivity contribution is -0.134. The van der Waals surface area contributed by atoms with Crippen LogP contribution in [0, 0.1) is 0 Å². The third kappa shape index (κ3) is 6.25. The second-order valence-corrected chi connectivity index (χ2v) is 8.40. The highest BCUT2D eigenvalue weighted by Gasteiger charge is 2.33. The third-order valence-electron chi connectivity index (χ3n) is 4.81. The number of hydrogen-bond donors (Lipinski definition) is 4. The lowest BCUT2D eigenvalue weighted by Crippen LogP contribution is -2.35. The lowest BCUT2D eigenvalue weighted by Gasteiger charge is -2.33. The zero-order chi connectivity index (χ0) is 20.7. The zero-order valence-corrected chi connectivity index (χ0v) is 16.8. The van der Waals surface area contributed by atoms with Crippen molar-refractivity contribution in [3.05, 3.63) is 41.5 Å². The van der Waals surface area contributed by atoms with E-state index in [9.17, 15) is 14.7 Å². The van der Waals surface area contributed by atoms with Crippen molar-refractivity contribution < 1.29 is 24.9 Å². The van der Waals surface area contributed by atoms with E-state index in [4.69, 9.17) is 15.9 Å². The molecule has 8 heteroatoms. The van der Waals surface area contributed by atoms with Gasteiger partial charge in [-0.15, -0.1) is 0 Å². The van der Waals surface area contributed by atoms with Crippen LogP contribution in [0.2, 0.25) is 0 Å². The van der Waals surface area contributed by atoms with Crippen LogP contribution in [0.15, 0.2) is 30.4 Å². The van der Waals surface area contributed by atoms with Crippen LogP contribution in [0.5, 0.6) is 0 Å². The smallest absolute Gasteiger partial charge is 0.328 e. The Morgan fingerprint density at radius 3 is 2.39 bits per heavy atom. The Hall–Kier alpha value is -2.03. The van der Waals surface area contributed by atoms with Gasteiger partial charge in [0, 0.05) is 37.0 Å². The predicted octanol–water partition coefficient (Wildman–Crippen LogP) is 1.82. The van der Waals surface area contributed by atoms with Gasteiger partial charge in [0.05, 0.1) is 5.60 Å². The first-order chi connectivity index (χ1) is 13.2. The molecule has 1 saturated heterocycles. The van der Waals surface area contributed by atoms with Crippen LogP contribution in [-0.4, -0.2) is 57.9 Å². The number of nitrogens with zero attached hydrogens (tertiary/aromatic N) is 1. The second-order valence-electron chi connectivity index (χ2n) is 7.17. The summed E-state index contributed by atoms with van der Waals surface area (Å²) >= 11 is 1.94. The lowest BCUT2D eigenvalue weighted by atomic mass is 9.87. The van der Waals surface area contributed by atoms with E-state index in [1.54, 1.807) is 0 Å². The fraction of sp³-hybridized carbons (Fsp3) is 0.500. The summed E-state index contributed by atoms with van der Waals surface area (Å²) in [6.07, 6.45) is 3.94. The molecule has 3 rings (SSSR count). The maximum Gasteiger partial charge on any atom is 0.328 e. The summed E-state index contributed by atoms with van der Waals surface area (Å²) in [5.74, 6) is -0.409. The number of carboxylic acid groups (broad SMARTS) is 2. The number of fused-ring (bicyclic) bond motifs is 1. The summed E-state index contributed by atoms with van der Waals surface area (Å²) in [4.78, 5) is 21.5. The van der Waals surface area contributed by atoms with Crippen molar-refractivity contribution in [2.75, 3.05) is 29.5 Å². The molecule has 0 amide bonds. The molecule has 0 bridgehead atoms. The van der Waals surface area contributed by atoms with E-state index in [1.165, 1.54) is 11.3 Å². The van der Waals surface area contributed by atoms with Gasteiger partial charge < -0.3 is 26.0 Å². The minimum atomic E-state index is -1.26. The quantitative estimate of drug-likeness (QED) is 0.544. The number of carboxylic acids is 2. The Bertz CT molecular complexity index is 713. The van der Waals surface area contributed by atoms with Crippen LogP contribution in [0.25, 0.3) is 0 Å². The van der Waals surface area contributed by atoms with Gasteiger partial charge >= 0.3 is 11.9 Å². The Morgan fingerprint density at radius 1 is 1.25 bits per heavy atom. The molecular weight excluding hydrogens is 380 g/mol. The number of anilines is 1. The van der Waals surface area contributed by atoms with Crippen LogP contribution in [0.1, 0.15) is 30.9 Å². The van der Waals surface area contributed by atoms with Crippen LogP contribution in [0.4, 0.5) is 5.69 Å². The van der Waals surface area contributed by atoms with E-state index in [-0.39, 0.29) is 6.04 Å². The summed E-state index contributed by atoms with van der Waals surface area (Å²) in [6.45, 7) is 3.99. The van der Waals surface area contributed by atoms with Gasteiger partial charge in [-0.1, -0.05) is 12.1 Å². The monoisotopic (exact) mass is 408 g/mol. The van der Waals surface area contributed by atoms with E-state index in [1.807, 2.05) is 18.7 Å². The van der Waals surface area contributed by atoms with Gasteiger partial charge in [0.15, 0.2) is 0 Å². The average Bonchev–Trinajstić information content (AvgIpc) is 3.03. The van der Waals surface area contributed by atoms with E-state index in [0.29, 0.717) is 12.2 Å². The van der Waals surface area contributed by atoms with Gasteiger partial charge in [0.2, 0.25) is 0 Å². The molecule has 0 radical (unpaired) electrons.